The Balaban J connectivity index is 1.67. The van der Waals surface area contributed by atoms with Crippen molar-refractivity contribution >= 4 is 19.8 Å². The summed E-state index contributed by atoms with van der Waals surface area (Å²) in [5.41, 5.74) is 1.99. The van der Waals surface area contributed by atoms with Gasteiger partial charge in [-0.1, -0.05) is 19.6 Å². The van der Waals surface area contributed by atoms with Gasteiger partial charge in [-0.15, -0.1) is 0 Å². The summed E-state index contributed by atoms with van der Waals surface area (Å²) in [6.45, 7) is 12.3. The van der Waals surface area contributed by atoms with Crippen LogP contribution in [0.1, 0.15) is 38.3 Å². The molecule has 1 fully saturated rings. The third kappa shape index (κ3) is 4.52. The van der Waals surface area contributed by atoms with Crippen LogP contribution in [-0.2, 0) is 16.1 Å². The summed E-state index contributed by atoms with van der Waals surface area (Å²) in [6, 6.07) is 3.01. The Hall–Kier alpha value is -2.26. The van der Waals surface area contributed by atoms with Crippen molar-refractivity contribution in [2.45, 2.75) is 64.8 Å². The molecule has 9 heteroatoms. The smallest absolute Gasteiger partial charge is 0.237 e. The van der Waals surface area contributed by atoms with E-state index in [-0.39, 0.29) is 12.6 Å². The van der Waals surface area contributed by atoms with Crippen molar-refractivity contribution in [3.8, 4) is 17.1 Å². The lowest BCUT2D eigenvalue weighted by Gasteiger charge is -2.37. The fourth-order valence-corrected chi connectivity index (χ4v) is 4.63. The van der Waals surface area contributed by atoms with E-state index in [4.69, 9.17) is 14.6 Å². The van der Waals surface area contributed by atoms with Gasteiger partial charge in [0.05, 0.1) is 30.3 Å². The average Bonchev–Trinajstić information content (AvgIpc) is 3.46. The maximum Gasteiger partial charge on any atom is 0.237 e. The third-order valence-electron chi connectivity index (χ3n) is 5.88. The Labute approximate surface area is 185 Å². The van der Waals surface area contributed by atoms with Gasteiger partial charge in [-0.3, -0.25) is 9.69 Å². The van der Waals surface area contributed by atoms with E-state index in [9.17, 15) is 4.79 Å². The second kappa shape index (κ2) is 8.02. The molecule has 0 bridgehead atoms. The minimum Gasteiger partial charge on any atom is -0.480 e. The highest BCUT2D eigenvalue weighted by molar-refractivity contribution is 6.76. The second-order valence-electron chi connectivity index (χ2n) is 10.4. The zero-order valence-electron chi connectivity index (χ0n) is 19.4. The zero-order valence-corrected chi connectivity index (χ0v) is 20.4. The van der Waals surface area contributed by atoms with E-state index in [1.807, 2.05) is 24.6 Å². The van der Waals surface area contributed by atoms with Crippen LogP contribution >= 0.6 is 0 Å². The lowest BCUT2D eigenvalue weighted by atomic mass is 9.90. The number of amides is 1. The lowest BCUT2D eigenvalue weighted by molar-refractivity contribution is -0.129. The van der Waals surface area contributed by atoms with Gasteiger partial charge in [0.25, 0.3) is 0 Å². The first-order valence-electron chi connectivity index (χ1n) is 11.0. The molecule has 0 unspecified atom stereocenters. The van der Waals surface area contributed by atoms with Gasteiger partial charge in [0.15, 0.2) is 0 Å². The van der Waals surface area contributed by atoms with Crippen LogP contribution in [-0.4, -0.2) is 54.2 Å². The number of carbonyl (C=O) groups excluding carboxylic acids is 1. The molecule has 2 aromatic heterocycles. The normalized spacial score (nSPS) is 18.3. The van der Waals surface area contributed by atoms with E-state index >= 15 is 0 Å². The molecule has 0 atom stereocenters. The first kappa shape index (κ1) is 21.9. The van der Waals surface area contributed by atoms with Gasteiger partial charge in [-0.2, -0.15) is 5.10 Å². The van der Waals surface area contributed by atoms with Crippen molar-refractivity contribution in [2.24, 2.45) is 5.41 Å². The van der Waals surface area contributed by atoms with Gasteiger partial charge in [0.1, 0.15) is 24.6 Å². The Kier molecular flexibility index (Phi) is 5.68. The highest BCUT2D eigenvalue weighted by atomic mass is 28.3. The largest absolute Gasteiger partial charge is 0.480 e. The van der Waals surface area contributed by atoms with Crippen LogP contribution in [0.5, 0.6) is 5.88 Å². The summed E-state index contributed by atoms with van der Waals surface area (Å²) in [4.78, 5) is 23.8. The molecule has 0 radical (unpaired) electrons. The number of anilines is 1. The molecule has 0 N–H and O–H groups in total. The van der Waals surface area contributed by atoms with Crippen LogP contribution < -0.4 is 9.64 Å². The van der Waals surface area contributed by atoms with Crippen LogP contribution in [0.2, 0.25) is 25.7 Å². The molecule has 1 amide bonds. The first-order chi connectivity index (χ1) is 14.6. The van der Waals surface area contributed by atoms with Gasteiger partial charge in [0.2, 0.25) is 11.8 Å². The average molecular weight is 444 g/mol. The van der Waals surface area contributed by atoms with E-state index < -0.39 is 13.5 Å². The number of carbonyl (C=O) groups is 1. The van der Waals surface area contributed by atoms with E-state index in [1.165, 1.54) is 0 Å². The SMILES string of the molecule is COc1ncnc(C2CC2)c1-c1cc2n(n1)CC(C)(C)C(=O)N2COCC[Si](C)(C)C. The summed E-state index contributed by atoms with van der Waals surface area (Å²) in [6.07, 6.45) is 3.78. The molecule has 31 heavy (non-hydrogen) atoms. The van der Waals surface area contributed by atoms with Crippen molar-refractivity contribution < 1.29 is 14.3 Å². The maximum atomic E-state index is 13.2. The summed E-state index contributed by atoms with van der Waals surface area (Å²) in [5, 5.41) is 4.86. The van der Waals surface area contributed by atoms with E-state index in [1.54, 1.807) is 18.3 Å². The quantitative estimate of drug-likeness (QED) is 0.454. The van der Waals surface area contributed by atoms with E-state index in [0.717, 1.165) is 41.7 Å². The molecule has 4 rings (SSSR count). The van der Waals surface area contributed by atoms with Crippen LogP contribution in [0.3, 0.4) is 0 Å². The standard InChI is InChI=1S/C22H33N5O3Si/c1-22(2)12-27-17(26(21(22)28)14-30-9-10-31(4,5)6)11-16(25-27)18-19(15-7-8-15)23-13-24-20(18)29-3/h11,13,15H,7-10,12,14H2,1-6H3. The van der Waals surface area contributed by atoms with Gasteiger partial charge in [0, 0.05) is 26.7 Å². The van der Waals surface area contributed by atoms with E-state index in [2.05, 4.69) is 29.6 Å². The Morgan fingerprint density at radius 2 is 1.97 bits per heavy atom. The van der Waals surface area contributed by atoms with Crippen molar-refractivity contribution in [3.05, 3.63) is 18.1 Å². The third-order valence-corrected chi connectivity index (χ3v) is 7.58. The number of ether oxygens (including phenoxy) is 2. The van der Waals surface area contributed by atoms with Crippen molar-refractivity contribution in [2.75, 3.05) is 25.3 Å². The maximum absolute atomic E-state index is 13.2. The van der Waals surface area contributed by atoms with Crippen molar-refractivity contribution in [1.29, 1.82) is 0 Å². The molecule has 2 aliphatic rings. The molecular formula is C22H33N5O3Si. The zero-order chi connectivity index (χ0) is 22.4. The fraction of sp³-hybridized carbons (Fsp3) is 0.636. The van der Waals surface area contributed by atoms with Gasteiger partial charge >= 0.3 is 0 Å². The molecule has 0 aromatic carbocycles. The van der Waals surface area contributed by atoms with Crippen LogP contribution in [0, 0.1) is 5.41 Å². The molecule has 1 saturated carbocycles. The Morgan fingerprint density at radius 3 is 2.61 bits per heavy atom. The number of methoxy groups -OCH3 is 1. The van der Waals surface area contributed by atoms with Gasteiger partial charge in [-0.05, 0) is 32.7 Å². The number of hydrogen-bond acceptors (Lipinski definition) is 6. The van der Waals surface area contributed by atoms with Crippen LogP contribution in [0.15, 0.2) is 12.4 Å². The lowest BCUT2D eigenvalue weighted by Crippen LogP contribution is -2.49. The monoisotopic (exact) mass is 443 g/mol. The minimum atomic E-state index is -1.20. The molecule has 0 spiro atoms. The van der Waals surface area contributed by atoms with E-state index in [0.29, 0.717) is 24.9 Å². The highest BCUT2D eigenvalue weighted by Gasteiger charge is 2.41. The molecule has 8 nitrogen and oxygen atoms in total. The second-order valence-corrected chi connectivity index (χ2v) is 16.0. The highest BCUT2D eigenvalue weighted by Crippen LogP contribution is 2.46. The fourth-order valence-electron chi connectivity index (χ4n) is 3.88. The molecule has 2 aromatic rings. The van der Waals surface area contributed by atoms with Crippen LogP contribution in [0.25, 0.3) is 11.3 Å². The van der Waals surface area contributed by atoms with Crippen molar-refractivity contribution in [1.82, 2.24) is 19.7 Å². The summed E-state index contributed by atoms with van der Waals surface area (Å²) in [7, 11) is 0.418. The molecule has 168 valence electrons. The molecule has 3 heterocycles. The topological polar surface area (TPSA) is 82.4 Å². The number of hydrogen-bond donors (Lipinski definition) is 0. The minimum absolute atomic E-state index is 0.0538. The first-order valence-corrected chi connectivity index (χ1v) is 14.7. The number of nitrogens with zero attached hydrogens (tertiary/aromatic N) is 5. The summed E-state index contributed by atoms with van der Waals surface area (Å²) >= 11 is 0. The number of rotatable bonds is 8. The predicted molar refractivity (Wildman–Crippen MR) is 122 cm³/mol. The predicted octanol–water partition coefficient (Wildman–Crippen LogP) is 3.91. The summed E-state index contributed by atoms with van der Waals surface area (Å²) < 4.78 is 13.4. The Bertz CT molecular complexity index is 978. The van der Waals surface area contributed by atoms with Crippen molar-refractivity contribution in [3.63, 3.8) is 0 Å². The van der Waals surface area contributed by atoms with Gasteiger partial charge < -0.3 is 9.47 Å². The molecule has 1 aliphatic heterocycles. The molecule has 1 aliphatic carbocycles. The number of aromatic nitrogens is 4. The number of fused-ring (bicyclic) bond motifs is 1. The molecule has 0 saturated heterocycles. The summed E-state index contributed by atoms with van der Waals surface area (Å²) in [5.74, 6) is 1.75. The van der Waals surface area contributed by atoms with Crippen LogP contribution in [0.4, 0.5) is 5.82 Å². The van der Waals surface area contributed by atoms with Gasteiger partial charge in [-0.25, -0.2) is 14.6 Å². The Morgan fingerprint density at radius 1 is 1.23 bits per heavy atom. The molecular weight excluding hydrogens is 410 g/mol.